The van der Waals surface area contributed by atoms with Gasteiger partial charge in [0.25, 0.3) is 0 Å². The molecular formula is C15H29N3O. The molecule has 19 heavy (non-hydrogen) atoms. The molecule has 1 heterocycles. The number of aromatic nitrogens is 3. The van der Waals surface area contributed by atoms with Crippen LogP contribution in [-0.2, 0) is 17.9 Å². The second kappa shape index (κ2) is 6.51. The Morgan fingerprint density at radius 3 is 2.47 bits per heavy atom. The van der Waals surface area contributed by atoms with E-state index in [1.54, 1.807) is 0 Å². The third kappa shape index (κ3) is 5.72. The zero-order valence-corrected chi connectivity index (χ0v) is 13.4. The molecule has 0 saturated carbocycles. The molecule has 0 aromatic carbocycles. The summed E-state index contributed by atoms with van der Waals surface area (Å²) in [6.07, 6.45) is 5.32. The number of nitrogens with zero attached hydrogens (tertiary/aromatic N) is 3. The highest BCUT2D eigenvalue weighted by atomic mass is 16.5. The monoisotopic (exact) mass is 267 g/mol. The van der Waals surface area contributed by atoms with Crippen LogP contribution in [0, 0.1) is 5.41 Å². The van der Waals surface area contributed by atoms with Crippen LogP contribution in [0.4, 0.5) is 0 Å². The van der Waals surface area contributed by atoms with Crippen molar-refractivity contribution < 1.29 is 4.74 Å². The first-order valence-electron chi connectivity index (χ1n) is 7.31. The van der Waals surface area contributed by atoms with E-state index in [9.17, 15) is 0 Å². The van der Waals surface area contributed by atoms with E-state index in [1.165, 1.54) is 0 Å². The molecule has 4 nitrogen and oxygen atoms in total. The lowest BCUT2D eigenvalue weighted by molar-refractivity contribution is -0.0367. The highest BCUT2D eigenvalue weighted by Crippen LogP contribution is 2.22. The molecule has 1 aromatic heterocycles. The Morgan fingerprint density at radius 1 is 1.21 bits per heavy atom. The summed E-state index contributed by atoms with van der Waals surface area (Å²) in [5, 5.41) is 8.37. The van der Waals surface area contributed by atoms with E-state index in [2.05, 4.69) is 51.9 Å². The summed E-state index contributed by atoms with van der Waals surface area (Å²) in [6.45, 7) is 14.6. The van der Waals surface area contributed by atoms with Crippen molar-refractivity contribution in [3.05, 3.63) is 11.9 Å². The molecule has 0 unspecified atom stereocenters. The number of hydrogen-bond donors (Lipinski definition) is 0. The standard InChI is InChI=1S/C15H29N3O/c1-7-9-15(5,6)19-11-13-10-18(17-16-13)12-14(3,4)8-2/h10H,7-9,11-12H2,1-6H3. The predicted octanol–water partition coefficient (Wildman–Crippen LogP) is 3.81. The normalized spacial score (nSPS) is 12.9. The summed E-state index contributed by atoms with van der Waals surface area (Å²) in [4.78, 5) is 0. The molecule has 0 aliphatic carbocycles. The molecule has 4 heteroatoms. The van der Waals surface area contributed by atoms with Gasteiger partial charge in [0, 0.05) is 6.54 Å². The van der Waals surface area contributed by atoms with Gasteiger partial charge in [-0.25, -0.2) is 0 Å². The van der Waals surface area contributed by atoms with Crippen molar-refractivity contribution in [3.63, 3.8) is 0 Å². The van der Waals surface area contributed by atoms with E-state index in [0.29, 0.717) is 6.61 Å². The summed E-state index contributed by atoms with van der Waals surface area (Å²) in [5.41, 5.74) is 1.09. The Kier molecular flexibility index (Phi) is 5.53. The zero-order valence-electron chi connectivity index (χ0n) is 13.4. The predicted molar refractivity (Wildman–Crippen MR) is 77.9 cm³/mol. The Balaban J connectivity index is 2.52. The minimum absolute atomic E-state index is 0.0821. The van der Waals surface area contributed by atoms with Crippen molar-refractivity contribution in [3.8, 4) is 0 Å². The highest BCUT2D eigenvalue weighted by molar-refractivity contribution is 4.91. The minimum atomic E-state index is -0.0821. The van der Waals surface area contributed by atoms with Gasteiger partial charge in [-0.1, -0.05) is 39.3 Å². The van der Waals surface area contributed by atoms with Crippen LogP contribution in [0.1, 0.15) is 66.5 Å². The lowest BCUT2D eigenvalue weighted by Crippen LogP contribution is -2.23. The summed E-state index contributed by atoms with van der Waals surface area (Å²) in [6, 6.07) is 0. The number of ether oxygens (including phenoxy) is 1. The smallest absolute Gasteiger partial charge is 0.108 e. The molecule has 1 aromatic rings. The molecule has 0 aliphatic heterocycles. The molecule has 0 N–H and O–H groups in total. The van der Waals surface area contributed by atoms with Gasteiger partial charge in [0.15, 0.2) is 0 Å². The third-order valence-corrected chi connectivity index (χ3v) is 3.60. The van der Waals surface area contributed by atoms with E-state index in [4.69, 9.17) is 4.74 Å². The van der Waals surface area contributed by atoms with Crippen LogP contribution in [0.3, 0.4) is 0 Å². The lowest BCUT2D eigenvalue weighted by Gasteiger charge is -2.24. The van der Waals surface area contributed by atoms with Crippen molar-refractivity contribution in [1.82, 2.24) is 15.0 Å². The summed E-state index contributed by atoms with van der Waals surface area (Å²) >= 11 is 0. The van der Waals surface area contributed by atoms with E-state index in [0.717, 1.165) is 31.5 Å². The van der Waals surface area contributed by atoms with Crippen LogP contribution in [0.5, 0.6) is 0 Å². The molecular weight excluding hydrogens is 238 g/mol. The van der Waals surface area contributed by atoms with E-state index in [1.807, 2.05) is 10.9 Å². The van der Waals surface area contributed by atoms with Crippen molar-refractivity contribution >= 4 is 0 Å². The van der Waals surface area contributed by atoms with Gasteiger partial charge in [-0.05, 0) is 32.1 Å². The number of hydrogen-bond acceptors (Lipinski definition) is 3. The molecule has 0 aliphatic rings. The Bertz CT molecular complexity index is 382. The average molecular weight is 267 g/mol. The fourth-order valence-corrected chi connectivity index (χ4v) is 1.98. The molecule has 0 saturated heterocycles. The first-order chi connectivity index (χ1) is 8.78. The van der Waals surface area contributed by atoms with Gasteiger partial charge in [0.2, 0.25) is 0 Å². The average Bonchev–Trinajstić information content (AvgIpc) is 2.74. The van der Waals surface area contributed by atoms with Gasteiger partial charge >= 0.3 is 0 Å². The molecule has 0 fully saturated rings. The van der Waals surface area contributed by atoms with Crippen molar-refractivity contribution in [2.45, 2.75) is 79.6 Å². The van der Waals surface area contributed by atoms with Crippen LogP contribution in [0.2, 0.25) is 0 Å². The molecule has 0 amide bonds. The van der Waals surface area contributed by atoms with Crippen LogP contribution >= 0.6 is 0 Å². The van der Waals surface area contributed by atoms with Crippen LogP contribution in [-0.4, -0.2) is 20.6 Å². The lowest BCUT2D eigenvalue weighted by atomic mass is 9.90. The molecule has 1 rings (SSSR count). The quantitative estimate of drug-likeness (QED) is 0.719. The SMILES string of the molecule is CCCC(C)(C)OCc1cn(CC(C)(C)CC)nn1. The molecule has 0 spiro atoms. The Hall–Kier alpha value is -0.900. The van der Waals surface area contributed by atoms with Gasteiger partial charge in [0.05, 0.1) is 18.4 Å². The van der Waals surface area contributed by atoms with Crippen molar-refractivity contribution in [2.24, 2.45) is 5.41 Å². The van der Waals surface area contributed by atoms with E-state index >= 15 is 0 Å². The molecule has 0 radical (unpaired) electrons. The second-order valence-corrected chi connectivity index (χ2v) is 6.72. The maximum absolute atomic E-state index is 5.91. The fraction of sp³-hybridized carbons (Fsp3) is 0.867. The summed E-state index contributed by atoms with van der Waals surface area (Å²) in [5.74, 6) is 0. The van der Waals surface area contributed by atoms with Crippen molar-refractivity contribution in [2.75, 3.05) is 0 Å². The Morgan fingerprint density at radius 2 is 1.89 bits per heavy atom. The van der Waals surface area contributed by atoms with Gasteiger partial charge in [-0.2, -0.15) is 0 Å². The van der Waals surface area contributed by atoms with Crippen LogP contribution < -0.4 is 0 Å². The summed E-state index contributed by atoms with van der Waals surface area (Å²) < 4.78 is 7.84. The van der Waals surface area contributed by atoms with E-state index < -0.39 is 0 Å². The summed E-state index contributed by atoms with van der Waals surface area (Å²) in [7, 11) is 0. The van der Waals surface area contributed by atoms with Gasteiger partial charge in [0.1, 0.15) is 5.69 Å². The van der Waals surface area contributed by atoms with Crippen LogP contribution in [0.25, 0.3) is 0 Å². The topological polar surface area (TPSA) is 39.9 Å². The number of rotatable bonds is 8. The maximum atomic E-state index is 5.91. The molecule has 110 valence electrons. The van der Waals surface area contributed by atoms with Crippen molar-refractivity contribution in [1.29, 1.82) is 0 Å². The van der Waals surface area contributed by atoms with Gasteiger partial charge in [-0.15, -0.1) is 5.10 Å². The van der Waals surface area contributed by atoms with Crippen LogP contribution in [0.15, 0.2) is 6.20 Å². The fourth-order valence-electron chi connectivity index (χ4n) is 1.98. The van der Waals surface area contributed by atoms with E-state index in [-0.39, 0.29) is 11.0 Å². The largest absolute Gasteiger partial charge is 0.369 e. The first-order valence-corrected chi connectivity index (χ1v) is 7.31. The minimum Gasteiger partial charge on any atom is -0.369 e. The highest BCUT2D eigenvalue weighted by Gasteiger charge is 2.19. The van der Waals surface area contributed by atoms with Gasteiger partial charge < -0.3 is 4.74 Å². The molecule has 0 bridgehead atoms. The van der Waals surface area contributed by atoms with Gasteiger partial charge in [-0.3, -0.25) is 4.68 Å². The first kappa shape index (κ1) is 16.2. The third-order valence-electron chi connectivity index (χ3n) is 3.60. The second-order valence-electron chi connectivity index (χ2n) is 6.72. The Labute approximate surface area is 117 Å². The maximum Gasteiger partial charge on any atom is 0.108 e. The zero-order chi connectivity index (χ0) is 14.5. The molecule has 0 atom stereocenters.